The molecule has 5 nitrogen and oxygen atoms in total. The van der Waals surface area contributed by atoms with Crippen LogP contribution in [0.2, 0.25) is 0 Å². The molecular formula is C26H29NO4S. The smallest absolute Gasteiger partial charge is 0.226 e. The van der Waals surface area contributed by atoms with Crippen LogP contribution in [-0.2, 0) is 11.2 Å². The van der Waals surface area contributed by atoms with Gasteiger partial charge in [-0.2, -0.15) is 0 Å². The topological polar surface area (TPSA) is 48.0 Å². The second kappa shape index (κ2) is 9.65. The van der Waals surface area contributed by atoms with Crippen LogP contribution < -0.4 is 14.2 Å². The molecule has 0 aliphatic carbocycles. The van der Waals surface area contributed by atoms with Crippen LogP contribution >= 0.6 is 11.3 Å². The van der Waals surface area contributed by atoms with E-state index in [2.05, 4.69) is 24.4 Å². The lowest BCUT2D eigenvalue weighted by molar-refractivity contribution is -0.133. The second-order valence-electron chi connectivity index (χ2n) is 8.03. The minimum atomic E-state index is -0.132. The third-order valence-electron chi connectivity index (χ3n) is 5.91. The Morgan fingerprint density at radius 1 is 1.06 bits per heavy atom. The summed E-state index contributed by atoms with van der Waals surface area (Å²) in [6.07, 6.45) is 1.11. The van der Waals surface area contributed by atoms with E-state index in [0.717, 1.165) is 33.9 Å². The monoisotopic (exact) mass is 451 g/mol. The molecule has 1 aromatic heterocycles. The number of carbonyl (C=O) groups is 1. The predicted octanol–water partition coefficient (Wildman–Crippen LogP) is 5.33. The van der Waals surface area contributed by atoms with Crippen LogP contribution in [0.15, 0.2) is 47.8 Å². The van der Waals surface area contributed by atoms with Gasteiger partial charge in [-0.05, 0) is 66.6 Å². The lowest BCUT2D eigenvalue weighted by Crippen LogP contribution is -2.40. The molecule has 1 atom stereocenters. The van der Waals surface area contributed by atoms with Gasteiger partial charge in [-0.1, -0.05) is 23.8 Å². The zero-order chi connectivity index (χ0) is 22.7. The zero-order valence-electron chi connectivity index (χ0n) is 19.0. The summed E-state index contributed by atoms with van der Waals surface area (Å²) in [6.45, 7) is 5.10. The molecule has 2 aromatic carbocycles. The van der Waals surface area contributed by atoms with E-state index < -0.39 is 0 Å². The van der Waals surface area contributed by atoms with Gasteiger partial charge in [-0.15, -0.1) is 11.3 Å². The highest BCUT2D eigenvalue weighted by atomic mass is 32.1. The third kappa shape index (κ3) is 4.46. The van der Waals surface area contributed by atoms with Crippen LogP contribution in [0.5, 0.6) is 17.2 Å². The molecule has 3 aromatic rings. The third-order valence-corrected chi connectivity index (χ3v) is 6.84. The second-order valence-corrected chi connectivity index (χ2v) is 9.01. The van der Waals surface area contributed by atoms with Gasteiger partial charge in [0.25, 0.3) is 0 Å². The Kier molecular flexibility index (Phi) is 6.70. The van der Waals surface area contributed by atoms with E-state index in [0.29, 0.717) is 25.3 Å². The van der Waals surface area contributed by atoms with Crippen molar-refractivity contribution in [2.75, 3.05) is 27.4 Å². The highest BCUT2D eigenvalue weighted by Gasteiger charge is 2.33. The minimum absolute atomic E-state index is 0.0913. The number of methoxy groups -OCH3 is 2. The average molecular weight is 452 g/mol. The van der Waals surface area contributed by atoms with Gasteiger partial charge in [0.15, 0.2) is 11.5 Å². The highest BCUT2D eigenvalue weighted by Crippen LogP contribution is 2.42. The summed E-state index contributed by atoms with van der Waals surface area (Å²) < 4.78 is 17.0. The number of carbonyl (C=O) groups excluding carboxylic acids is 1. The summed E-state index contributed by atoms with van der Waals surface area (Å²) in [5, 5.41) is 2.05. The Morgan fingerprint density at radius 3 is 2.53 bits per heavy atom. The molecule has 1 aliphatic rings. The summed E-state index contributed by atoms with van der Waals surface area (Å²) in [6, 6.07) is 14.1. The molecule has 0 saturated heterocycles. The Bertz CT molecular complexity index is 1090. The number of hydrogen-bond donors (Lipinski definition) is 0. The van der Waals surface area contributed by atoms with Crippen LogP contribution in [0, 0.1) is 13.8 Å². The van der Waals surface area contributed by atoms with Crippen molar-refractivity contribution in [2.45, 2.75) is 32.7 Å². The predicted molar refractivity (Wildman–Crippen MR) is 127 cm³/mol. The number of aryl methyl sites for hydroxylation is 2. The van der Waals surface area contributed by atoms with E-state index in [4.69, 9.17) is 14.2 Å². The summed E-state index contributed by atoms with van der Waals surface area (Å²) in [5.74, 6) is 2.32. The van der Waals surface area contributed by atoms with Gasteiger partial charge in [0.2, 0.25) is 5.91 Å². The van der Waals surface area contributed by atoms with Gasteiger partial charge in [-0.3, -0.25) is 4.79 Å². The number of rotatable bonds is 7. The van der Waals surface area contributed by atoms with Crippen LogP contribution in [0.25, 0.3) is 0 Å². The quantitative estimate of drug-likeness (QED) is 0.487. The Morgan fingerprint density at radius 2 is 1.84 bits per heavy atom. The molecule has 6 heteroatoms. The van der Waals surface area contributed by atoms with Crippen molar-refractivity contribution in [1.29, 1.82) is 0 Å². The molecule has 32 heavy (non-hydrogen) atoms. The summed E-state index contributed by atoms with van der Waals surface area (Å²) in [4.78, 5) is 16.4. The molecule has 0 bridgehead atoms. The summed E-state index contributed by atoms with van der Waals surface area (Å²) >= 11 is 1.66. The number of thiophene rings is 1. The van der Waals surface area contributed by atoms with Crippen molar-refractivity contribution >= 4 is 17.2 Å². The average Bonchev–Trinajstić information content (AvgIpc) is 3.33. The van der Waals surface area contributed by atoms with Gasteiger partial charge >= 0.3 is 0 Å². The van der Waals surface area contributed by atoms with Gasteiger partial charge < -0.3 is 19.1 Å². The maximum Gasteiger partial charge on any atom is 0.226 e. The van der Waals surface area contributed by atoms with Crippen molar-refractivity contribution in [2.24, 2.45) is 0 Å². The molecule has 2 heterocycles. The van der Waals surface area contributed by atoms with Crippen molar-refractivity contribution in [3.05, 3.63) is 75.0 Å². The first-order valence-corrected chi connectivity index (χ1v) is 11.7. The van der Waals surface area contributed by atoms with E-state index in [-0.39, 0.29) is 11.9 Å². The maximum absolute atomic E-state index is 13.3. The van der Waals surface area contributed by atoms with Crippen LogP contribution in [-0.4, -0.2) is 38.2 Å². The molecule has 0 saturated carbocycles. The highest BCUT2D eigenvalue weighted by molar-refractivity contribution is 7.10. The molecule has 1 unspecified atom stereocenters. The first-order chi connectivity index (χ1) is 15.5. The lowest BCUT2D eigenvalue weighted by atomic mass is 9.90. The maximum atomic E-state index is 13.3. The standard InChI is InChI=1S/C26H29NO4S/c1-17-7-8-21(18(2)14-17)31-12-10-25(28)27-11-9-19-15-22(29-3)23(30-4)16-20(19)26(27)24-6-5-13-32-24/h5-8,13-16,26H,9-12H2,1-4H3. The normalized spacial score (nSPS) is 15.2. The first-order valence-electron chi connectivity index (χ1n) is 10.8. The molecule has 168 valence electrons. The van der Waals surface area contributed by atoms with Gasteiger partial charge in [-0.25, -0.2) is 0 Å². The van der Waals surface area contributed by atoms with Crippen molar-refractivity contribution in [3.8, 4) is 17.2 Å². The van der Waals surface area contributed by atoms with Crippen molar-refractivity contribution < 1.29 is 19.0 Å². The molecule has 4 rings (SSSR count). The number of hydrogen-bond acceptors (Lipinski definition) is 5. The SMILES string of the molecule is COc1cc2c(cc1OC)C(c1cccs1)N(C(=O)CCOc1ccc(C)cc1C)CC2. The van der Waals surface area contributed by atoms with Crippen molar-refractivity contribution in [1.82, 2.24) is 4.90 Å². The molecular weight excluding hydrogens is 422 g/mol. The Hall–Kier alpha value is -2.99. The van der Waals surface area contributed by atoms with Gasteiger partial charge in [0.1, 0.15) is 5.75 Å². The first kappa shape index (κ1) is 22.2. The van der Waals surface area contributed by atoms with E-state index in [9.17, 15) is 4.79 Å². The molecule has 0 spiro atoms. The minimum Gasteiger partial charge on any atom is -0.493 e. The molecule has 0 N–H and O–H groups in total. The Labute approximate surface area is 193 Å². The van der Waals surface area contributed by atoms with E-state index in [1.807, 2.05) is 42.2 Å². The van der Waals surface area contributed by atoms with E-state index in [1.165, 1.54) is 11.1 Å². The van der Waals surface area contributed by atoms with Crippen LogP contribution in [0.1, 0.15) is 39.6 Å². The van der Waals surface area contributed by atoms with Crippen molar-refractivity contribution in [3.63, 3.8) is 0 Å². The molecule has 1 aliphatic heterocycles. The van der Waals surface area contributed by atoms with Crippen LogP contribution in [0.3, 0.4) is 0 Å². The molecule has 0 radical (unpaired) electrons. The Balaban J connectivity index is 1.56. The fraction of sp³-hybridized carbons (Fsp3) is 0.346. The van der Waals surface area contributed by atoms with Crippen LogP contribution in [0.4, 0.5) is 0 Å². The summed E-state index contributed by atoms with van der Waals surface area (Å²) in [5.41, 5.74) is 4.57. The van der Waals surface area contributed by atoms with Gasteiger partial charge in [0.05, 0.1) is 33.3 Å². The van der Waals surface area contributed by atoms with E-state index in [1.54, 1.807) is 25.6 Å². The fourth-order valence-electron chi connectivity index (χ4n) is 4.32. The fourth-order valence-corrected chi connectivity index (χ4v) is 5.18. The molecule has 1 amide bonds. The van der Waals surface area contributed by atoms with Gasteiger partial charge in [0, 0.05) is 11.4 Å². The molecule has 0 fully saturated rings. The largest absolute Gasteiger partial charge is 0.493 e. The lowest BCUT2D eigenvalue weighted by Gasteiger charge is -2.37. The summed E-state index contributed by atoms with van der Waals surface area (Å²) in [7, 11) is 3.29. The van der Waals surface area contributed by atoms with E-state index >= 15 is 0 Å². The zero-order valence-corrected chi connectivity index (χ0v) is 19.8. The number of amides is 1. The number of fused-ring (bicyclic) bond motifs is 1. The number of nitrogens with zero attached hydrogens (tertiary/aromatic N) is 1. The number of ether oxygens (including phenoxy) is 3. The number of benzene rings is 2.